The summed E-state index contributed by atoms with van der Waals surface area (Å²) in [6.07, 6.45) is 2.42. The van der Waals surface area contributed by atoms with E-state index in [4.69, 9.17) is 14.2 Å². The SMILES string of the molecule is COc1ccc([C@@H]2C3=C(C[C@H](c4ccc(OC)c(OC)c4)CC3=O)Nc3ncnn32)cc1O. The lowest BCUT2D eigenvalue weighted by Gasteiger charge is -2.35. The average molecular weight is 448 g/mol. The Hall–Kier alpha value is -4.01. The molecule has 33 heavy (non-hydrogen) atoms. The van der Waals surface area contributed by atoms with Gasteiger partial charge in [-0.25, -0.2) is 4.68 Å². The van der Waals surface area contributed by atoms with Crippen LogP contribution in [-0.2, 0) is 4.79 Å². The van der Waals surface area contributed by atoms with Crippen molar-refractivity contribution < 1.29 is 24.1 Å². The summed E-state index contributed by atoms with van der Waals surface area (Å²) in [4.78, 5) is 17.8. The van der Waals surface area contributed by atoms with E-state index in [1.54, 1.807) is 31.0 Å². The number of nitrogens with zero attached hydrogens (tertiary/aromatic N) is 3. The van der Waals surface area contributed by atoms with Gasteiger partial charge in [-0.3, -0.25) is 4.79 Å². The Morgan fingerprint density at radius 1 is 0.970 bits per heavy atom. The van der Waals surface area contributed by atoms with E-state index in [2.05, 4.69) is 15.4 Å². The summed E-state index contributed by atoms with van der Waals surface area (Å²) in [6, 6.07) is 10.4. The fraction of sp³-hybridized carbons (Fsp3) is 0.292. The summed E-state index contributed by atoms with van der Waals surface area (Å²) in [5.41, 5.74) is 3.17. The third-order valence-electron chi connectivity index (χ3n) is 6.26. The van der Waals surface area contributed by atoms with Gasteiger partial charge in [0.2, 0.25) is 5.95 Å². The lowest BCUT2D eigenvalue weighted by Crippen LogP contribution is -2.33. The molecule has 170 valence electrons. The molecule has 5 rings (SSSR count). The molecule has 0 saturated heterocycles. The highest BCUT2D eigenvalue weighted by Crippen LogP contribution is 2.45. The van der Waals surface area contributed by atoms with E-state index in [9.17, 15) is 9.90 Å². The van der Waals surface area contributed by atoms with Crippen LogP contribution in [0, 0.1) is 0 Å². The highest BCUT2D eigenvalue weighted by atomic mass is 16.5. The second-order valence-electron chi connectivity index (χ2n) is 8.02. The first-order chi connectivity index (χ1) is 16.0. The first kappa shape index (κ1) is 20.9. The van der Waals surface area contributed by atoms with Crippen molar-refractivity contribution in [1.82, 2.24) is 14.8 Å². The Morgan fingerprint density at radius 3 is 2.42 bits per heavy atom. The summed E-state index contributed by atoms with van der Waals surface area (Å²) in [7, 11) is 4.69. The van der Waals surface area contributed by atoms with Gasteiger partial charge in [0.25, 0.3) is 0 Å². The van der Waals surface area contributed by atoms with Crippen LogP contribution >= 0.6 is 0 Å². The number of methoxy groups -OCH3 is 3. The first-order valence-corrected chi connectivity index (χ1v) is 10.6. The Kier molecular flexibility index (Phi) is 5.16. The number of anilines is 1. The monoisotopic (exact) mass is 448 g/mol. The minimum Gasteiger partial charge on any atom is -0.504 e. The molecule has 2 heterocycles. The average Bonchev–Trinajstić information content (AvgIpc) is 3.30. The van der Waals surface area contributed by atoms with Crippen LogP contribution in [0.2, 0.25) is 0 Å². The van der Waals surface area contributed by atoms with Gasteiger partial charge in [0.05, 0.1) is 21.3 Å². The zero-order valence-corrected chi connectivity index (χ0v) is 18.5. The number of ether oxygens (including phenoxy) is 3. The van der Waals surface area contributed by atoms with Gasteiger partial charge in [-0.2, -0.15) is 10.1 Å². The second kappa shape index (κ2) is 8.16. The van der Waals surface area contributed by atoms with Crippen LogP contribution in [0.15, 0.2) is 54.0 Å². The van der Waals surface area contributed by atoms with Crippen molar-refractivity contribution in [2.75, 3.05) is 26.6 Å². The maximum Gasteiger partial charge on any atom is 0.226 e. The molecule has 9 nitrogen and oxygen atoms in total. The number of rotatable bonds is 5. The molecule has 3 aromatic rings. The highest BCUT2D eigenvalue weighted by Gasteiger charge is 2.39. The van der Waals surface area contributed by atoms with E-state index in [1.807, 2.05) is 24.3 Å². The van der Waals surface area contributed by atoms with E-state index in [1.165, 1.54) is 13.4 Å². The number of aromatic nitrogens is 3. The molecule has 9 heteroatoms. The predicted molar refractivity (Wildman–Crippen MR) is 120 cm³/mol. The van der Waals surface area contributed by atoms with Crippen LogP contribution in [0.5, 0.6) is 23.0 Å². The number of hydrogen-bond donors (Lipinski definition) is 2. The minimum absolute atomic E-state index is 0.00353. The van der Waals surface area contributed by atoms with Gasteiger partial charge in [0.15, 0.2) is 28.8 Å². The van der Waals surface area contributed by atoms with Crippen molar-refractivity contribution in [1.29, 1.82) is 0 Å². The van der Waals surface area contributed by atoms with Crippen LogP contribution in [0.1, 0.15) is 35.9 Å². The lowest BCUT2D eigenvalue weighted by atomic mass is 9.78. The van der Waals surface area contributed by atoms with Gasteiger partial charge in [-0.05, 0) is 47.7 Å². The number of nitrogens with one attached hydrogen (secondary N) is 1. The zero-order chi connectivity index (χ0) is 23.1. The zero-order valence-electron chi connectivity index (χ0n) is 18.5. The van der Waals surface area contributed by atoms with Crippen LogP contribution in [0.3, 0.4) is 0 Å². The quantitative estimate of drug-likeness (QED) is 0.611. The number of ketones is 1. The van der Waals surface area contributed by atoms with Gasteiger partial charge in [0.1, 0.15) is 12.4 Å². The Morgan fingerprint density at radius 2 is 1.70 bits per heavy atom. The van der Waals surface area contributed by atoms with Crippen molar-refractivity contribution in [3.05, 3.63) is 65.1 Å². The number of allylic oxidation sites excluding steroid dienone is 2. The second-order valence-corrected chi connectivity index (χ2v) is 8.02. The highest BCUT2D eigenvalue weighted by molar-refractivity contribution is 6.00. The molecule has 1 aromatic heterocycles. The number of carbonyl (C=O) groups excluding carboxylic acids is 1. The van der Waals surface area contributed by atoms with Gasteiger partial charge in [0, 0.05) is 17.7 Å². The van der Waals surface area contributed by atoms with E-state index in [0.717, 1.165) is 16.8 Å². The number of carbonyl (C=O) groups is 1. The molecule has 0 spiro atoms. The fourth-order valence-corrected chi connectivity index (χ4v) is 4.68. The first-order valence-electron chi connectivity index (χ1n) is 10.6. The molecule has 2 N–H and O–H groups in total. The lowest BCUT2D eigenvalue weighted by molar-refractivity contribution is -0.116. The van der Waals surface area contributed by atoms with Gasteiger partial charge in [-0.1, -0.05) is 12.1 Å². The molecule has 2 atom stereocenters. The number of phenolic OH excluding ortho intramolecular Hbond substituents is 1. The Bertz CT molecular complexity index is 1270. The van der Waals surface area contributed by atoms with Crippen molar-refractivity contribution in [3.8, 4) is 23.0 Å². The molecule has 1 aliphatic carbocycles. The smallest absolute Gasteiger partial charge is 0.226 e. The molecular weight excluding hydrogens is 424 g/mol. The van der Waals surface area contributed by atoms with Crippen LogP contribution in [0.4, 0.5) is 5.95 Å². The van der Waals surface area contributed by atoms with E-state index in [0.29, 0.717) is 41.6 Å². The number of fused-ring (bicyclic) bond motifs is 1. The largest absolute Gasteiger partial charge is 0.504 e. The summed E-state index contributed by atoms with van der Waals surface area (Å²) < 4.78 is 17.6. The Balaban J connectivity index is 1.56. The Labute approximate surface area is 190 Å². The standard InChI is InChI=1S/C24H24N4O5/c1-31-19-6-5-14(9-17(19)29)23-22-16(27-24-25-12-26-28(23)24)8-15(10-18(22)30)13-4-7-20(32-2)21(11-13)33-3/h4-7,9,11-12,15,23,29H,8,10H2,1-3H3,(H,25,26,27)/t15-,23+/m0/s1. The molecule has 2 aromatic carbocycles. The van der Waals surface area contributed by atoms with E-state index >= 15 is 0 Å². The molecule has 0 fully saturated rings. The van der Waals surface area contributed by atoms with Gasteiger partial charge >= 0.3 is 0 Å². The number of benzene rings is 2. The molecule has 0 bridgehead atoms. The van der Waals surface area contributed by atoms with Gasteiger partial charge < -0.3 is 24.6 Å². The molecule has 0 amide bonds. The normalized spacial score (nSPS) is 19.4. The maximum absolute atomic E-state index is 13.5. The number of hydrogen-bond acceptors (Lipinski definition) is 8. The molecule has 0 unspecified atom stereocenters. The number of aromatic hydroxyl groups is 1. The van der Waals surface area contributed by atoms with Crippen molar-refractivity contribution >= 4 is 11.7 Å². The van der Waals surface area contributed by atoms with Crippen LogP contribution < -0.4 is 19.5 Å². The summed E-state index contributed by atoms with van der Waals surface area (Å²) in [6.45, 7) is 0. The van der Waals surface area contributed by atoms with Crippen molar-refractivity contribution in [2.45, 2.75) is 24.8 Å². The van der Waals surface area contributed by atoms with E-state index < -0.39 is 6.04 Å². The van der Waals surface area contributed by atoms with Crippen LogP contribution in [0.25, 0.3) is 0 Å². The molecule has 1 aliphatic heterocycles. The van der Waals surface area contributed by atoms with Gasteiger partial charge in [-0.15, -0.1) is 0 Å². The number of Topliss-reactive ketones (excluding diaryl/α,β-unsaturated/α-hetero) is 1. The summed E-state index contributed by atoms with van der Waals surface area (Å²) >= 11 is 0. The predicted octanol–water partition coefficient (Wildman–Crippen LogP) is 3.43. The van der Waals surface area contributed by atoms with Crippen molar-refractivity contribution in [2.24, 2.45) is 0 Å². The van der Waals surface area contributed by atoms with Crippen molar-refractivity contribution in [3.63, 3.8) is 0 Å². The topological polar surface area (TPSA) is 108 Å². The summed E-state index contributed by atoms with van der Waals surface area (Å²) in [5.74, 6) is 2.19. The minimum atomic E-state index is -0.491. The third-order valence-corrected chi connectivity index (χ3v) is 6.26. The molecule has 0 saturated carbocycles. The molecular formula is C24H24N4O5. The molecule has 0 radical (unpaired) electrons. The maximum atomic E-state index is 13.5. The van der Waals surface area contributed by atoms with Crippen LogP contribution in [-0.4, -0.2) is 47.0 Å². The summed E-state index contributed by atoms with van der Waals surface area (Å²) in [5, 5.41) is 18.0. The number of phenols is 1. The third kappa shape index (κ3) is 3.45. The van der Waals surface area contributed by atoms with E-state index in [-0.39, 0.29) is 17.5 Å². The fourth-order valence-electron chi connectivity index (χ4n) is 4.68. The molecule has 2 aliphatic rings.